The Labute approximate surface area is 122 Å². The van der Waals surface area contributed by atoms with Crippen molar-refractivity contribution in [2.24, 2.45) is 0 Å². The lowest BCUT2D eigenvalue weighted by molar-refractivity contribution is 0.628. The SMILES string of the molecule is CCN(c1ccc(F)cc1)c1ncnc2ccc(N)cc12. The van der Waals surface area contributed by atoms with Crippen molar-refractivity contribution in [2.45, 2.75) is 6.92 Å². The number of hydrogen-bond donors (Lipinski definition) is 1. The average Bonchev–Trinajstić information content (AvgIpc) is 2.50. The van der Waals surface area contributed by atoms with E-state index in [-0.39, 0.29) is 5.82 Å². The highest BCUT2D eigenvalue weighted by Crippen LogP contribution is 2.30. The van der Waals surface area contributed by atoms with Crippen LogP contribution < -0.4 is 10.6 Å². The van der Waals surface area contributed by atoms with Gasteiger partial charge < -0.3 is 10.6 Å². The van der Waals surface area contributed by atoms with E-state index in [0.29, 0.717) is 12.2 Å². The van der Waals surface area contributed by atoms with Crippen LogP contribution in [0.15, 0.2) is 48.8 Å². The van der Waals surface area contributed by atoms with Gasteiger partial charge in [0.1, 0.15) is 18.0 Å². The standard InChI is InChI=1S/C16H15FN4/c1-2-21(13-6-3-11(17)4-7-13)16-14-9-12(18)5-8-15(14)19-10-20-16/h3-10H,2,18H2,1H3. The third-order valence-electron chi connectivity index (χ3n) is 3.35. The molecule has 0 amide bonds. The second-order valence-electron chi connectivity index (χ2n) is 4.69. The van der Waals surface area contributed by atoms with E-state index in [9.17, 15) is 4.39 Å². The maximum atomic E-state index is 13.1. The van der Waals surface area contributed by atoms with Crippen molar-refractivity contribution in [2.75, 3.05) is 17.2 Å². The number of halogens is 1. The molecule has 0 bridgehead atoms. The van der Waals surface area contributed by atoms with Crippen LogP contribution >= 0.6 is 0 Å². The van der Waals surface area contributed by atoms with E-state index in [2.05, 4.69) is 9.97 Å². The highest BCUT2D eigenvalue weighted by molar-refractivity contribution is 5.93. The van der Waals surface area contributed by atoms with Gasteiger partial charge in [-0.3, -0.25) is 0 Å². The first-order chi connectivity index (χ1) is 10.2. The van der Waals surface area contributed by atoms with Crippen molar-refractivity contribution in [3.8, 4) is 0 Å². The third kappa shape index (κ3) is 2.50. The number of nitrogen functional groups attached to an aromatic ring is 1. The highest BCUT2D eigenvalue weighted by atomic mass is 19.1. The van der Waals surface area contributed by atoms with Gasteiger partial charge in [0, 0.05) is 23.3 Å². The number of rotatable bonds is 3. The van der Waals surface area contributed by atoms with Crippen LogP contribution in [0.25, 0.3) is 10.9 Å². The molecule has 2 N–H and O–H groups in total. The van der Waals surface area contributed by atoms with Crippen molar-refractivity contribution < 1.29 is 4.39 Å². The van der Waals surface area contributed by atoms with E-state index < -0.39 is 0 Å². The van der Waals surface area contributed by atoms with Crippen molar-refractivity contribution in [1.82, 2.24) is 9.97 Å². The number of fused-ring (bicyclic) bond motifs is 1. The topological polar surface area (TPSA) is 55.0 Å². The molecule has 4 nitrogen and oxygen atoms in total. The van der Waals surface area contributed by atoms with E-state index in [1.807, 2.05) is 30.0 Å². The molecule has 0 aliphatic carbocycles. The Bertz CT molecular complexity index is 771. The Kier molecular flexibility index (Phi) is 3.39. The summed E-state index contributed by atoms with van der Waals surface area (Å²) >= 11 is 0. The fourth-order valence-electron chi connectivity index (χ4n) is 2.35. The monoisotopic (exact) mass is 282 g/mol. The highest BCUT2D eigenvalue weighted by Gasteiger charge is 2.13. The zero-order valence-corrected chi connectivity index (χ0v) is 11.6. The second-order valence-corrected chi connectivity index (χ2v) is 4.69. The van der Waals surface area contributed by atoms with Crippen molar-refractivity contribution >= 4 is 28.1 Å². The summed E-state index contributed by atoms with van der Waals surface area (Å²) < 4.78 is 13.1. The van der Waals surface area contributed by atoms with Crippen LogP contribution in [-0.2, 0) is 0 Å². The number of hydrogen-bond acceptors (Lipinski definition) is 4. The number of aromatic nitrogens is 2. The van der Waals surface area contributed by atoms with Crippen LogP contribution in [0.2, 0.25) is 0 Å². The molecule has 0 aliphatic heterocycles. The number of nitrogens with zero attached hydrogens (tertiary/aromatic N) is 3. The quantitative estimate of drug-likeness (QED) is 0.747. The molecule has 3 rings (SSSR count). The van der Waals surface area contributed by atoms with Crippen molar-refractivity contribution in [1.29, 1.82) is 0 Å². The van der Waals surface area contributed by atoms with Gasteiger partial charge in [-0.15, -0.1) is 0 Å². The first-order valence-corrected chi connectivity index (χ1v) is 6.72. The van der Waals surface area contributed by atoms with Gasteiger partial charge in [-0.1, -0.05) is 0 Å². The smallest absolute Gasteiger partial charge is 0.144 e. The molecule has 1 heterocycles. The first-order valence-electron chi connectivity index (χ1n) is 6.72. The van der Waals surface area contributed by atoms with Gasteiger partial charge in [0.2, 0.25) is 0 Å². The predicted octanol–water partition coefficient (Wildman–Crippen LogP) is 3.51. The van der Waals surface area contributed by atoms with Crippen molar-refractivity contribution in [3.05, 3.63) is 54.6 Å². The van der Waals surface area contributed by atoms with Gasteiger partial charge >= 0.3 is 0 Å². The molecule has 5 heteroatoms. The number of nitrogens with two attached hydrogens (primary N) is 1. The summed E-state index contributed by atoms with van der Waals surface area (Å²) in [7, 11) is 0. The maximum absolute atomic E-state index is 13.1. The summed E-state index contributed by atoms with van der Waals surface area (Å²) in [5.74, 6) is 0.507. The van der Waals surface area contributed by atoms with Gasteiger partial charge in [-0.25, -0.2) is 14.4 Å². The summed E-state index contributed by atoms with van der Waals surface area (Å²) in [5.41, 5.74) is 8.23. The maximum Gasteiger partial charge on any atom is 0.144 e. The summed E-state index contributed by atoms with van der Waals surface area (Å²) in [4.78, 5) is 10.6. The first kappa shape index (κ1) is 13.3. The molecular weight excluding hydrogens is 267 g/mol. The minimum absolute atomic E-state index is 0.258. The zero-order valence-electron chi connectivity index (χ0n) is 11.6. The summed E-state index contributed by atoms with van der Waals surface area (Å²) in [6, 6.07) is 11.9. The number of benzene rings is 2. The van der Waals surface area contributed by atoms with Gasteiger partial charge in [0.15, 0.2) is 0 Å². The summed E-state index contributed by atoms with van der Waals surface area (Å²) in [6.45, 7) is 2.72. The molecule has 3 aromatic rings. The summed E-state index contributed by atoms with van der Waals surface area (Å²) in [5, 5.41) is 0.878. The number of anilines is 3. The molecule has 1 aromatic heterocycles. The molecule has 0 unspecified atom stereocenters. The Morgan fingerprint density at radius 1 is 1.10 bits per heavy atom. The zero-order chi connectivity index (χ0) is 14.8. The van der Waals surface area contributed by atoms with E-state index in [0.717, 1.165) is 22.4 Å². The Hall–Kier alpha value is -2.69. The third-order valence-corrected chi connectivity index (χ3v) is 3.35. The average molecular weight is 282 g/mol. The van der Waals surface area contributed by atoms with E-state index in [1.165, 1.54) is 18.5 Å². The Morgan fingerprint density at radius 3 is 2.57 bits per heavy atom. The molecule has 0 fully saturated rings. The largest absolute Gasteiger partial charge is 0.399 e. The van der Waals surface area contributed by atoms with Gasteiger partial charge in [0.25, 0.3) is 0 Å². The normalized spacial score (nSPS) is 10.8. The molecule has 2 aromatic carbocycles. The summed E-state index contributed by atoms with van der Waals surface area (Å²) in [6.07, 6.45) is 1.53. The molecular formula is C16H15FN4. The minimum Gasteiger partial charge on any atom is -0.399 e. The van der Waals surface area contributed by atoms with Gasteiger partial charge in [0.05, 0.1) is 5.52 Å². The fraction of sp³-hybridized carbons (Fsp3) is 0.125. The lowest BCUT2D eigenvalue weighted by Gasteiger charge is -2.23. The molecule has 0 radical (unpaired) electrons. The second kappa shape index (κ2) is 5.36. The van der Waals surface area contributed by atoms with Gasteiger partial charge in [-0.2, -0.15) is 0 Å². The molecule has 0 spiro atoms. The van der Waals surface area contributed by atoms with Crippen LogP contribution in [-0.4, -0.2) is 16.5 Å². The predicted molar refractivity (Wildman–Crippen MR) is 83.0 cm³/mol. The molecule has 0 saturated carbocycles. The molecule has 0 aliphatic rings. The lowest BCUT2D eigenvalue weighted by atomic mass is 10.2. The van der Waals surface area contributed by atoms with Crippen molar-refractivity contribution in [3.63, 3.8) is 0 Å². The molecule has 0 saturated heterocycles. The van der Waals surface area contributed by atoms with Gasteiger partial charge in [-0.05, 0) is 49.4 Å². The fourth-order valence-corrected chi connectivity index (χ4v) is 2.35. The van der Waals surface area contributed by atoms with Crippen LogP contribution in [0.4, 0.5) is 21.6 Å². The van der Waals surface area contributed by atoms with Crippen LogP contribution in [0, 0.1) is 5.82 Å². The van der Waals surface area contributed by atoms with Crippen LogP contribution in [0.3, 0.4) is 0 Å². The lowest BCUT2D eigenvalue weighted by Crippen LogP contribution is -2.18. The molecule has 21 heavy (non-hydrogen) atoms. The minimum atomic E-state index is -0.258. The van der Waals surface area contributed by atoms with E-state index >= 15 is 0 Å². The van der Waals surface area contributed by atoms with E-state index in [4.69, 9.17) is 5.73 Å². The Morgan fingerprint density at radius 2 is 1.86 bits per heavy atom. The van der Waals surface area contributed by atoms with E-state index in [1.54, 1.807) is 12.1 Å². The molecule has 106 valence electrons. The Balaban J connectivity index is 2.16. The molecule has 0 atom stereocenters. The van der Waals surface area contributed by atoms with Crippen LogP contribution in [0.5, 0.6) is 0 Å². The van der Waals surface area contributed by atoms with Crippen LogP contribution in [0.1, 0.15) is 6.92 Å².